The molecule has 3 rings (SSSR count). The molecule has 0 aliphatic rings. The lowest BCUT2D eigenvalue weighted by Crippen LogP contribution is -2.07. The fourth-order valence-electron chi connectivity index (χ4n) is 1.78. The lowest BCUT2D eigenvalue weighted by Gasteiger charge is -2.08. The maximum atomic E-state index is 11.6. The number of nitrogens with zero attached hydrogens (tertiary/aromatic N) is 3. The normalized spacial score (nSPS) is 10.9. The Morgan fingerprint density at radius 2 is 2.22 bits per heavy atom. The maximum Gasteiger partial charge on any atom is 0.261 e. The van der Waals surface area contributed by atoms with Crippen LogP contribution in [0.5, 0.6) is 0 Å². The Balaban J connectivity index is 2.40. The Labute approximate surface area is 106 Å². The van der Waals surface area contributed by atoms with E-state index in [1.807, 2.05) is 0 Å². The van der Waals surface area contributed by atoms with Crippen LogP contribution in [-0.2, 0) is 0 Å². The molecule has 0 saturated heterocycles. The Hall–Kier alpha value is -2.34. The first-order chi connectivity index (χ1) is 8.68. The number of benzene rings is 1. The first-order valence-electron chi connectivity index (χ1n) is 5.14. The van der Waals surface area contributed by atoms with Crippen LogP contribution in [0.4, 0.5) is 5.69 Å². The number of nitrogens with two attached hydrogens (primary N) is 1. The molecule has 0 radical (unpaired) electrons. The van der Waals surface area contributed by atoms with Crippen LogP contribution in [0.25, 0.3) is 16.7 Å². The van der Waals surface area contributed by atoms with Crippen molar-refractivity contribution in [2.45, 2.75) is 0 Å². The van der Waals surface area contributed by atoms with Crippen molar-refractivity contribution in [2.75, 3.05) is 5.73 Å². The number of aromatic amines is 1. The summed E-state index contributed by atoms with van der Waals surface area (Å²) >= 11 is 6.11. The number of nitrogens with one attached hydrogen (secondary N) is 1. The van der Waals surface area contributed by atoms with Gasteiger partial charge in [-0.3, -0.25) is 4.79 Å². The highest BCUT2D eigenvalue weighted by atomic mass is 35.5. The summed E-state index contributed by atoms with van der Waals surface area (Å²) in [6.45, 7) is 0. The van der Waals surface area contributed by atoms with Crippen LogP contribution in [0.2, 0.25) is 5.02 Å². The number of para-hydroxylation sites is 1. The number of hydrogen-bond donors (Lipinski definition) is 2. The molecule has 3 aromatic rings. The van der Waals surface area contributed by atoms with Crippen LogP contribution in [0.1, 0.15) is 0 Å². The van der Waals surface area contributed by atoms with Gasteiger partial charge in [0.15, 0.2) is 5.65 Å². The fourth-order valence-corrected chi connectivity index (χ4v) is 2.04. The number of rotatable bonds is 1. The molecule has 0 amide bonds. The molecule has 0 bridgehead atoms. The van der Waals surface area contributed by atoms with Gasteiger partial charge < -0.3 is 10.7 Å². The van der Waals surface area contributed by atoms with E-state index in [1.54, 1.807) is 18.2 Å². The van der Waals surface area contributed by atoms with E-state index in [-0.39, 0.29) is 5.56 Å². The van der Waals surface area contributed by atoms with Gasteiger partial charge in [0.05, 0.1) is 23.2 Å². The number of hydrogen-bond acceptors (Lipinski definition) is 4. The second-order valence-electron chi connectivity index (χ2n) is 3.70. The molecule has 0 unspecified atom stereocenters. The van der Waals surface area contributed by atoms with Gasteiger partial charge in [0.1, 0.15) is 11.1 Å². The minimum Gasteiger partial charge on any atom is -0.397 e. The zero-order chi connectivity index (χ0) is 12.7. The lowest BCUT2D eigenvalue weighted by atomic mass is 10.2. The summed E-state index contributed by atoms with van der Waals surface area (Å²) in [4.78, 5) is 18.2. The topological polar surface area (TPSA) is 89.6 Å². The fraction of sp³-hybridized carbons (Fsp3) is 0. The van der Waals surface area contributed by atoms with Gasteiger partial charge in [0.25, 0.3) is 5.56 Å². The molecule has 2 heterocycles. The van der Waals surface area contributed by atoms with Crippen molar-refractivity contribution in [3.05, 3.63) is 46.1 Å². The summed E-state index contributed by atoms with van der Waals surface area (Å²) < 4.78 is 1.46. The van der Waals surface area contributed by atoms with Gasteiger partial charge in [0, 0.05) is 0 Å². The zero-order valence-electron chi connectivity index (χ0n) is 9.09. The quantitative estimate of drug-likeness (QED) is 0.647. The number of aromatic nitrogens is 4. The van der Waals surface area contributed by atoms with Crippen LogP contribution >= 0.6 is 11.6 Å². The lowest BCUT2D eigenvalue weighted by molar-refractivity contribution is 0.897. The summed E-state index contributed by atoms with van der Waals surface area (Å²) in [7, 11) is 0. The first kappa shape index (κ1) is 10.8. The molecular weight excluding hydrogens is 254 g/mol. The second-order valence-corrected chi connectivity index (χ2v) is 4.11. The number of anilines is 1. The van der Waals surface area contributed by atoms with E-state index in [9.17, 15) is 4.79 Å². The Morgan fingerprint density at radius 3 is 3.00 bits per heavy atom. The van der Waals surface area contributed by atoms with Crippen LogP contribution in [0.15, 0.2) is 35.5 Å². The van der Waals surface area contributed by atoms with E-state index in [0.717, 1.165) is 0 Å². The SMILES string of the molecule is Nc1cccc(Cl)c1-n1ncc2c(=O)[nH]cnc21. The van der Waals surface area contributed by atoms with Crippen LogP contribution in [0, 0.1) is 0 Å². The second kappa shape index (κ2) is 3.85. The molecule has 18 heavy (non-hydrogen) atoms. The molecular formula is C11H8ClN5O. The minimum absolute atomic E-state index is 0.253. The Bertz CT molecular complexity index is 771. The van der Waals surface area contributed by atoms with Gasteiger partial charge in [-0.05, 0) is 12.1 Å². The predicted molar refractivity (Wildman–Crippen MR) is 68.9 cm³/mol. The zero-order valence-corrected chi connectivity index (χ0v) is 9.85. The average molecular weight is 262 g/mol. The van der Waals surface area contributed by atoms with Gasteiger partial charge in [-0.15, -0.1) is 0 Å². The Morgan fingerprint density at radius 1 is 1.39 bits per heavy atom. The highest BCUT2D eigenvalue weighted by molar-refractivity contribution is 6.33. The van der Waals surface area contributed by atoms with Gasteiger partial charge in [-0.25, -0.2) is 9.67 Å². The summed E-state index contributed by atoms with van der Waals surface area (Å²) in [5, 5.41) is 4.95. The van der Waals surface area contributed by atoms with Gasteiger partial charge in [-0.1, -0.05) is 17.7 Å². The van der Waals surface area contributed by atoms with E-state index in [1.165, 1.54) is 17.2 Å². The Kier molecular flexibility index (Phi) is 2.31. The number of halogens is 1. The third-order valence-corrected chi connectivity index (χ3v) is 2.91. The molecule has 2 aromatic heterocycles. The van der Waals surface area contributed by atoms with Crippen molar-refractivity contribution in [1.82, 2.24) is 19.7 Å². The molecule has 0 saturated carbocycles. The van der Waals surface area contributed by atoms with E-state index in [2.05, 4.69) is 15.1 Å². The number of fused-ring (bicyclic) bond motifs is 1. The minimum atomic E-state index is -0.253. The summed E-state index contributed by atoms with van der Waals surface area (Å²) in [6.07, 6.45) is 2.75. The summed E-state index contributed by atoms with van der Waals surface area (Å²) in [5.74, 6) is 0. The molecule has 1 aromatic carbocycles. The molecule has 7 heteroatoms. The van der Waals surface area contributed by atoms with Crippen molar-refractivity contribution >= 4 is 28.3 Å². The standard InChI is InChI=1S/C11H8ClN5O/c12-7-2-1-3-8(13)9(7)17-10-6(4-16-17)11(18)15-5-14-10/h1-5H,13H2,(H,14,15,18). The molecule has 0 atom stereocenters. The van der Waals surface area contributed by atoms with E-state index >= 15 is 0 Å². The molecule has 0 spiro atoms. The average Bonchev–Trinajstić information content (AvgIpc) is 2.75. The van der Waals surface area contributed by atoms with Crippen molar-refractivity contribution < 1.29 is 0 Å². The first-order valence-corrected chi connectivity index (χ1v) is 5.52. The van der Waals surface area contributed by atoms with E-state index in [0.29, 0.717) is 27.4 Å². The molecule has 3 N–H and O–H groups in total. The van der Waals surface area contributed by atoms with Crippen LogP contribution < -0.4 is 11.3 Å². The van der Waals surface area contributed by atoms with E-state index in [4.69, 9.17) is 17.3 Å². The largest absolute Gasteiger partial charge is 0.397 e. The van der Waals surface area contributed by atoms with Crippen LogP contribution in [-0.4, -0.2) is 19.7 Å². The van der Waals surface area contributed by atoms with Gasteiger partial charge in [0.2, 0.25) is 0 Å². The molecule has 0 aliphatic carbocycles. The highest BCUT2D eigenvalue weighted by Crippen LogP contribution is 2.27. The molecule has 0 aliphatic heterocycles. The highest BCUT2D eigenvalue weighted by Gasteiger charge is 2.13. The number of H-pyrrole nitrogens is 1. The van der Waals surface area contributed by atoms with Gasteiger partial charge >= 0.3 is 0 Å². The summed E-state index contributed by atoms with van der Waals surface area (Å²) in [6, 6.07) is 5.16. The monoisotopic (exact) mass is 261 g/mol. The summed E-state index contributed by atoms with van der Waals surface area (Å²) in [5.41, 5.74) is 7.03. The third-order valence-electron chi connectivity index (χ3n) is 2.60. The predicted octanol–water partition coefficient (Wildman–Crippen LogP) is 1.34. The van der Waals surface area contributed by atoms with Crippen molar-refractivity contribution in [2.24, 2.45) is 0 Å². The van der Waals surface area contributed by atoms with Crippen molar-refractivity contribution in [1.29, 1.82) is 0 Å². The van der Waals surface area contributed by atoms with Crippen molar-refractivity contribution in [3.63, 3.8) is 0 Å². The maximum absolute atomic E-state index is 11.6. The van der Waals surface area contributed by atoms with E-state index < -0.39 is 0 Å². The molecule has 90 valence electrons. The molecule has 6 nitrogen and oxygen atoms in total. The molecule has 0 fully saturated rings. The van der Waals surface area contributed by atoms with Crippen LogP contribution in [0.3, 0.4) is 0 Å². The third kappa shape index (κ3) is 1.46. The van der Waals surface area contributed by atoms with Crippen molar-refractivity contribution in [3.8, 4) is 5.69 Å². The van der Waals surface area contributed by atoms with Gasteiger partial charge in [-0.2, -0.15) is 5.10 Å². The smallest absolute Gasteiger partial charge is 0.261 e. The number of nitrogen functional groups attached to an aromatic ring is 1.